The van der Waals surface area contributed by atoms with Crippen LogP contribution in [0.4, 0.5) is 0 Å². The van der Waals surface area contributed by atoms with Crippen molar-refractivity contribution in [3.05, 3.63) is 47.5 Å². The molecule has 7 nitrogen and oxygen atoms in total. The lowest BCUT2D eigenvalue weighted by atomic mass is 10.1. The normalized spacial score (nSPS) is 11.5. The Balaban J connectivity index is 2.16. The van der Waals surface area contributed by atoms with Gasteiger partial charge in [-0.1, -0.05) is 25.5 Å². The lowest BCUT2D eigenvalue weighted by molar-refractivity contribution is 0.340. The summed E-state index contributed by atoms with van der Waals surface area (Å²) in [6, 6.07) is 9.70. The summed E-state index contributed by atoms with van der Waals surface area (Å²) in [4.78, 5) is 2.30. The van der Waals surface area contributed by atoms with Crippen molar-refractivity contribution in [2.45, 2.75) is 24.7 Å². The number of aromatic hydroxyl groups is 1. The van der Waals surface area contributed by atoms with E-state index < -0.39 is 10.0 Å². The van der Waals surface area contributed by atoms with Crippen LogP contribution in [0.1, 0.15) is 24.5 Å². The van der Waals surface area contributed by atoms with Crippen LogP contribution in [0.25, 0.3) is 0 Å². The Morgan fingerprint density at radius 3 is 2.19 bits per heavy atom. The Bertz CT molecular complexity index is 852. The molecule has 0 heterocycles. The van der Waals surface area contributed by atoms with Crippen LogP contribution in [-0.2, 0) is 16.4 Å². The smallest absolute Gasteiger partial charge is 0.276 e. The van der Waals surface area contributed by atoms with Crippen molar-refractivity contribution in [2.75, 3.05) is 14.2 Å². The number of hydrogen-bond acceptors (Lipinski definition) is 6. The molecule has 0 saturated heterocycles. The predicted octanol–water partition coefficient (Wildman–Crippen LogP) is 2.67. The van der Waals surface area contributed by atoms with Crippen LogP contribution in [0.15, 0.2) is 46.4 Å². The molecule has 0 spiro atoms. The van der Waals surface area contributed by atoms with Crippen molar-refractivity contribution in [2.24, 2.45) is 5.10 Å². The van der Waals surface area contributed by atoms with Crippen molar-refractivity contribution < 1.29 is 23.0 Å². The summed E-state index contributed by atoms with van der Waals surface area (Å²) in [5, 5.41) is 13.6. The summed E-state index contributed by atoms with van der Waals surface area (Å²) in [6.45, 7) is 2.06. The van der Waals surface area contributed by atoms with Gasteiger partial charge in [-0.3, -0.25) is 0 Å². The molecule has 0 fully saturated rings. The number of phenols is 1. The molecule has 2 rings (SSSR count). The number of hydrogen-bond donors (Lipinski definition) is 2. The van der Waals surface area contributed by atoms with Crippen molar-refractivity contribution >= 4 is 16.2 Å². The monoisotopic (exact) mass is 378 g/mol. The molecular weight excluding hydrogens is 356 g/mol. The van der Waals surface area contributed by atoms with Gasteiger partial charge in [-0.25, -0.2) is 4.83 Å². The minimum absolute atomic E-state index is 0.135. The van der Waals surface area contributed by atoms with Gasteiger partial charge in [0.25, 0.3) is 10.0 Å². The Hall–Kier alpha value is -2.74. The number of aryl methyl sites for hydroxylation is 1. The highest BCUT2D eigenvalue weighted by molar-refractivity contribution is 7.89. The number of nitrogens with zero attached hydrogens (tertiary/aromatic N) is 1. The minimum atomic E-state index is -3.76. The van der Waals surface area contributed by atoms with Gasteiger partial charge < -0.3 is 14.6 Å². The van der Waals surface area contributed by atoms with Crippen molar-refractivity contribution in [1.82, 2.24) is 4.83 Å². The van der Waals surface area contributed by atoms with Crippen molar-refractivity contribution in [1.29, 1.82) is 0 Å². The van der Waals surface area contributed by atoms with E-state index >= 15 is 0 Å². The molecule has 0 aliphatic carbocycles. The van der Waals surface area contributed by atoms with E-state index in [4.69, 9.17) is 9.47 Å². The maximum Gasteiger partial charge on any atom is 0.276 e. The Morgan fingerprint density at radius 1 is 1.12 bits per heavy atom. The van der Waals surface area contributed by atoms with Gasteiger partial charge in [0.15, 0.2) is 11.5 Å². The Morgan fingerprint density at radius 2 is 1.69 bits per heavy atom. The van der Waals surface area contributed by atoms with Crippen LogP contribution in [0.5, 0.6) is 17.2 Å². The minimum Gasteiger partial charge on any atom is -0.502 e. The second-order valence-electron chi connectivity index (χ2n) is 5.52. The van der Waals surface area contributed by atoms with Crippen LogP contribution in [0.3, 0.4) is 0 Å². The maximum absolute atomic E-state index is 12.3. The maximum atomic E-state index is 12.3. The highest BCUT2D eigenvalue weighted by Crippen LogP contribution is 2.36. The SMILES string of the molecule is CCCc1ccc(S(=O)(=O)N/N=C\c2cc(OC)c(O)c(OC)c2)cc1. The van der Waals surface area contributed by atoms with Crippen LogP contribution in [0, 0.1) is 0 Å². The number of nitrogens with one attached hydrogen (secondary N) is 1. The van der Waals surface area contributed by atoms with Gasteiger partial charge >= 0.3 is 0 Å². The van der Waals surface area contributed by atoms with Gasteiger partial charge in [0.05, 0.1) is 25.3 Å². The van der Waals surface area contributed by atoms with Gasteiger partial charge in [0.2, 0.25) is 5.75 Å². The third-order valence-corrected chi connectivity index (χ3v) is 4.90. The molecule has 0 unspecified atom stereocenters. The first-order chi connectivity index (χ1) is 12.4. The molecule has 0 atom stereocenters. The fraction of sp³-hybridized carbons (Fsp3) is 0.278. The van der Waals surface area contributed by atoms with E-state index in [2.05, 4.69) is 16.9 Å². The number of rotatable bonds is 8. The third-order valence-electron chi connectivity index (χ3n) is 3.66. The van der Waals surface area contributed by atoms with Crippen LogP contribution >= 0.6 is 0 Å². The van der Waals surface area contributed by atoms with Crippen molar-refractivity contribution in [3.8, 4) is 17.2 Å². The second-order valence-corrected chi connectivity index (χ2v) is 7.18. The molecule has 2 N–H and O–H groups in total. The molecule has 0 radical (unpaired) electrons. The number of hydrazone groups is 1. The van der Waals surface area contributed by atoms with Gasteiger partial charge in [0.1, 0.15) is 0 Å². The lowest BCUT2D eigenvalue weighted by Gasteiger charge is -2.09. The van der Waals surface area contributed by atoms with Gasteiger partial charge in [0, 0.05) is 5.56 Å². The van der Waals surface area contributed by atoms with Crippen LogP contribution in [-0.4, -0.2) is 34.0 Å². The van der Waals surface area contributed by atoms with Crippen LogP contribution < -0.4 is 14.3 Å². The highest BCUT2D eigenvalue weighted by atomic mass is 32.2. The average Bonchev–Trinajstić information content (AvgIpc) is 2.63. The van der Waals surface area contributed by atoms with Crippen molar-refractivity contribution in [3.63, 3.8) is 0 Å². The molecule has 0 amide bonds. The van der Waals surface area contributed by atoms with Gasteiger partial charge in [-0.15, -0.1) is 0 Å². The number of benzene rings is 2. The van der Waals surface area contributed by atoms with E-state index in [9.17, 15) is 13.5 Å². The number of ether oxygens (including phenoxy) is 2. The quantitative estimate of drug-likeness (QED) is 0.544. The summed E-state index contributed by atoms with van der Waals surface area (Å²) in [7, 11) is -0.955. The first kappa shape index (κ1) is 19.6. The van der Waals surface area contributed by atoms with E-state index in [1.165, 1.54) is 32.6 Å². The predicted molar refractivity (Wildman–Crippen MR) is 99.6 cm³/mol. The molecule has 0 aliphatic rings. The van der Waals surface area contributed by atoms with E-state index in [1.807, 2.05) is 0 Å². The standard InChI is InChI=1S/C18H22N2O5S/c1-4-5-13-6-8-15(9-7-13)26(22,23)20-19-12-14-10-16(24-2)18(21)17(11-14)25-3/h6-12,20-21H,4-5H2,1-3H3/b19-12-. The molecule has 140 valence electrons. The van der Waals surface area contributed by atoms with E-state index in [-0.39, 0.29) is 22.1 Å². The summed E-state index contributed by atoms with van der Waals surface area (Å²) in [5.74, 6) is 0.250. The third kappa shape index (κ3) is 4.66. The molecule has 0 bridgehead atoms. The number of methoxy groups -OCH3 is 2. The first-order valence-electron chi connectivity index (χ1n) is 8.00. The fourth-order valence-corrected chi connectivity index (χ4v) is 3.13. The Labute approximate surface area is 153 Å². The highest BCUT2D eigenvalue weighted by Gasteiger charge is 2.13. The van der Waals surface area contributed by atoms with E-state index in [0.29, 0.717) is 5.56 Å². The summed E-state index contributed by atoms with van der Waals surface area (Å²) < 4.78 is 34.6. The summed E-state index contributed by atoms with van der Waals surface area (Å²) >= 11 is 0. The molecule has 0 aromatic heterocycles. The summed E-state index contributed by atoms with van der Waals surface area (Å²) in [5.41, 5.74) is 1.58. The number of phenolic OH excluding ortho intramolecular Hbond substituents is 1. The fourth-order valence-electron chi connectivity index (χ4n) is 2.34. The average molecular weight is 378 g/mol. The molecular formula is C18H22N2O5S. The lowest BCUT2D eigenvalue weighted by Crippen LogP contribution is -2.18. The van der Waals surface area contributed by atoms with Gasteiger partial charge in [-0.2, -0.15) is 13.5 Å². The first-order valence-corrected chi connectivity index (χ1v) is 9.48. The zero-order valence-electron chi connectivity index (χ0n) is 14.9. The molecule has 2 aromatic carbocycles. The summed E-state index contributed by atoms with van der Waals surface area (Å²) in [6.07, 6.45) is 3.19. The molecule has 0 saturated carbocycles. The zero-order chi connectivity index (χ0) is 19.2. The zero-order valence-corrected chi connectivity index (χ0v) is 15.7. The van der Waals surface area contributed by atoms with E-state index in [0.717, 1.165) is 18.4 Å². The van der Waals surface area contributed by atoms with E-state index in [1.54, 1.807) is 24.3 Å². The molecule has 8 heteroatoms. The second kappa shape index (κ2) is 8.57. The molecule has 2 aromatic rings. The number of sulfonamides is 1. The largest absolute Gasteiger partial charge is 0.502 e. The van der Waals surface area contributed by atoms with Crippen LogP contribution in [0.2, 0.25) is 0 Å². The van der Waals surface area contributed by atoms with Gasteiger partial charge in [-0.05, 0) is 36.2 Å². The molecule has 0 aliphatic heterocycles. The molecule has 26 heavy (non-hydrogen) atoms. The Kier molecular flexibility index (Phi) is 6.46. The topological polar surface area (TPSA) is 97.2 Å².